The summed E-state index contributed by atoms with van der Waals surface area (Å²) in [6.45, 7) is 3.02. The predicted octanol–water partition coefficient (Wildman–Crippen LogP) is 1.97. The van der Waals surface area contributed by atoms with E-state index in [1.807, 2.05) is 11.0 Å². The second-order valence-electron chi connectivity index (χ2n) is 5.35. The minimum absolute atomic E-state index is 0.298. The molecule has 3 nitrogen and oxygen atoms in total. The highest BCUT2D eigenvalue weighted by atomic mass is 16.2. The van der Waals surface area contributed by atoms with Gasteiger partial charge in [-0.05, 0) is 49.9 Å². The number of rotatable bonds is 2. The quantitative estimate of drug-likeness (QED) is 0.862. The molecule has 2 heterocycles. The normalized spacial score (nSPS) is 23.9. The van der Waals surface area contributed by atoms with Crippen molar-refractivity contribution in [2.45, 2.75) is 25.7 Å². The maximum absolute atomic E-state index is 12.3. The molecule has 1 N–H and O–H groups in total. The average Bonchev–Trinajstić information content (AvgIpc) is 2.84. The van der Waals surface area contributed by atoms with Crippen molar-refractivity contribution in [1.82, 2.24) is 5.32 Å². The summed E-state index contributed by atoms with van der Waals surface area (Å²) in [6, 6.07) is 8.37. The number of fused-ring (bicyclic) bond motifs is 1. The van der Waals surface area contributed by atoms with Crippen molar-refractivity contribution in [2.24, 2.45) is 5.92 Å². The molecule has 0 aliphatic carbocycles. The van der Waals surface area contributed by atoms with E-state index in [4.69, 9.17) is 0 Å². The van der Waals surface area contributed by atoms with Gasteiger partial charge in [0.15, 0.2) is 0 Å². The lowest BCUT2D eigenvalue weighted by Gasteiger charge is -2.25. The molecule has 2 aliphatic heterocycles. The van der Waals surface area contributed by atoms with Gasteiger partial charge in [-0.15, -0.1) is 0 Å². The molecule has 1 saturated heterocycles. The topological polar surface area (TPSA) is 32.3 Å². The molecule has 3 heteroatoms. The zero-order chi connectivity index (χ0) is 12.4. The third-order valence-corrected chi connectivity index (χ3v) is 4.02. The van der Waals surface area contributed by atoms with Crippen LogP contribution in [0.3, 0.4) is 0 Å². The van der Waals surface area contributed by atoms with Gasteiger partial charge in [-0.25, -0.2) is 0 Å². The van der Waals surface area contributed by atoms with Crippen LogP contribution in [-0.4, -0.2) is 25.5 Å². The Morgan fingerprint density at radius 1 is 1.28 bits per heavy atom. The van der Waals surface area contributed by atoms with Crippen LogP contribution >= 0.6 is 0 Å². The summed E-state index contributed by atoms with van der Waals surface area (Å²) in [5.74, 6) is 0.909. The lowest BCUT2D eigenvalue weighted by molar-refractivity contribution is -0.118. The summed E-state index contributed by atoms with van der Waals surface area (Å²) >= 11 is 0. The Morgan fingerprint density at radius 2 is 2.17 bits per heavy atom. The second-order valence-corrected chi connectivity index (χ2v) is 5.35. The van der Waals surface area contributed by atoms with Crippen molar-refractivity contribution in [2.75, 3.05) is 24.5 Å². The highest BCUT2D eigenvalue weighted by Gasteiger charge is 2.25. The molecule has 1 fully saturated rings. The lowest BCUT2D eigenvalue weighted by atomic mass is 10.1. The second kappa shape index (κ2) is 5.11. The first-order chi connectivity index (χ1) is 8.84. The number of nitrogens with one attached hydrogen (secondary N) is 1. The zero-order valence-electron chi connectivity index (χ0n) is 10.7. The number of benzene rings is 1. The summed E-state index contributed by atoms with van der Waals surface area (Å²) < 4.78 is 0. The van der Waals surface area contributed by atoms with E-state index in [1.165, 1.54) is 12.0 Å². The maximum Gasteiger partial charge on any atom is 0.227 e. The predicted molar refractivity (Wildman–Crippen MR) is 72.7 cm³/mol. The van der Waals surface area contributed by atoms with Gasteiger partial charge < -0.3 is 10.2 Å². The molecule has 2 aliphatic rings. The number of carbonyl (C=O) groups is 1. The van der Waals surface area contributed by atoms with Crippen LogP contribution < -0.4 is 10.2 Å². The Bertz CT molecular complexity index is 438. The molecule has 3 rings (SSSR count). The van der Waals surface area contributed by atoms with Crippen LogP contribution in [0.15, 0.2) is 24.3 Å². The van der Waals surface area contributed by atoms with E-state index in [0.29, 0.717) is 18.2 Å². The Kier molecular flexibility index (Phi) is 3.33. The number of para-hydroxylation sites is 1. The summed E-state index contributed by atoms with van der Waals surface area (Å²) in [7, 11) is 0. The van der Waals surface area contributed by atoms with Crippen molar-refractivity contribution in [3.05, 3.63) is 29.8 Å². The first kappa shape index (κ1) is 11.7. The van der Waals surface area contributed by atoms with Crippen LogP contribution in [0.2, 0.25) is 0 Å². The van der Waals surface area contributed by atoms with Crippen molar-refractivity contribution in [3.8, 4) is 0 Å². The van der Waals surface area contributed by atoms with E-state index in [-0.39, 0.29) is 0 Å². The van der Waals surface area contributed by atoms with Gasteiger partial charge in [-0.3, -0.25) is 4.79 Å². The standard InChI is InChI=1S/C15H20N2O/c18-15-7-3-5-13-4-1-2-6-14(13)17(15)11-12-8-9-16-10-12/h1-2,4,6,12,16H,3,5,7-11H2. The fourth-order valence-corrected chi connectivity index (χ4v) is 3.01. The van der Waals surface area contributed by atoms with Gasteiger partial charge in [0.25, 0.3) is 0 Å². The maximum atomic E-state index is 12.3. The molecule has 1 unspecified atom stereocenters. The van der Waals surface area contributed by atoms with E-state index >= 15 is 0 Å². The Balaban J connectivity index is 1.87. The van der Waals surface area contributed by atoms with Crippen LogP contribution in [0, 0.1) is 5.92 Å². The number of carbonyl (C=O) groups excluding carboxylic acids is 1. The summed E-state index contributed by atoms with van der Waals surface area (Å²) in [5, 5.41) is 3.38. The molecule has 1 aromatic rings. The SMILES string of the molecule is O=C1CCCc2ccccc2N1CC1CCNC1. The molecule has 0 saturated carbocycles. The Labute approximate surface area is 108 Å². The molecule has 1 aromatic carbocycles. The van der Waals surface area contributed by atoms with E-state index in [0.717, 1.165) is 38.2 Å². The highest BCUT2D eigenvalue weighted by Crippen LogP contribution is 2.28. The summed E-state index contributed by atoms with van der Waals surface area (Å²) in [6.07, 6.45) is 3.89. The molecule has 1 atom stereocenters. The average molecular weight is 244 g/mol. The minimum atomic E-state index is 0.298. The van der Waals surface area contributed by atoms with E-state index < -0.39 is 0 Å². The van der Waals surface area contributed by atoms with Gasteiger partial charge in [0, 0.05) is 18.7 Å². The van der Waals surface area contributed by atoms with Crippen LogP contribution in [0.25, 0.3) is 0 Å². The molecule has 18 heavy (non-hydrogen) atoms. The minimum Gasteiger partial charge on any atom is -0.316 e. The van der Waals surface area contributed by atoms with Gasteiger partial charge in [-0.1, -0.05) is 18.2 Å². The van der Waals surface area contributed by atoms with Crippen molar-refractivity contribution < 1.29 is 4.79 Å². The van der Waals surface area contributed by atoms with E-state index in [9.17, 15) is 4.79 Å². The molecule has 0 spiro atoms. The van der Waals surface area contributed by atoms with Crippen molar-refractivity contribution >= 4 is 11.6 Å². The van der Waals surface area contributed by atoms with Gasteiger partial charge in [-0.2, -0.15) is 0 Å². The molecule has 96 valence electrons. The van der Waals surface area contributed by atoms with Crippen LogP contribution in [0.5, 0.6) is 0 Å². The lowest BCUT2D eigenvalue weighted by Crippen LogP contribution is -2.35. The van der Waals surface area contributed by atoms with Gasteiger partial charge in [0.2, 0.25) is 5.91 Å². The van der Waals surface area contributed by atoms with Crippen molar-refractivity contribution in [1.29, 1.82) is 0 Å². The fourth-order valence-electron chi connectivity index (χ4n) is 3.01. The number of hydrogen-bond donors (Lipinski definition) is 1. The fraction of sp³-hybridized carbons (Fsp3) is 0.533. The monoisotopic (exact) mass is 244 g/mol. The molecule has 0 radical (unpaired) electrons. The smallest absolute Gasteiger partial charge is 0.227 e. The van der Waals surface area contributed by atoms with Gasteiger partial charge in [0.1, 0.15) is 0 Å². The number of aryl methyl sites for hydroxylation is 1. The van der Waals surface area contributed by atoms with Crippen molar-refractivity contribution in [3.63, 3.8) is 0 Å². The zero-order valence-corrected chi connectivity index (χ0v) is 10.7. The van der Waals surface area contributed by atoms with Gasteiger partial charge in [0.05, 0.1) is 0 Å². The number of nitrogens with zero attached hydrogens (tertiary/aromatic N) is 1. The molecular weight excluding hydrogens is 224 g/mol. The number of hydrogen-bond acceptors (Lipinski definition) is 2. The van der Waals surface area contributed by atoms with Crippen LogP contribution in [0.1, 0.15) is 24.8 Å². The molecule has 0 aromatic heterocycles. The molecule has 0 bridgehead atoms. The first-order valence-electron chi connectivity index (χ1n) is 6.93. The number of anilines is 1. The molecule has 1 amide bonds. The number of amides is 1. The Hall–Kier alpha value is -1.35. The summed E-state index contributed by atoms with van der Waals surface area (Å²) in [4.78, 5) is 14.3. The van der Waals surface area contributed by atoms with Crippen LogP contribution in [0.4, 0.5) is 5.69 Å². The van der Waals surface area contributed by atoms with E-state index in [2.05, 4.69) is 23.5 Å². The first-order valence-corrected chi connectivity index (χ1v) is 6.93. The third-order valence-electron chi connectivity index (χ3n) is 4.02. The summed E-state index contributed by atoms with van der Waals surface area (Å²) in [5.41, 5.74) is 2.47. The van der Waals surface area contributed by atoms with Gasteiger partial charge >= 0.3 is 0 Å². The third kappa shape index (κ3) is 2.27. The Morgan fingerprint density at radius 3 is 3.00 bits per heavy atom. The van der Waals surface area contributed by atoms with Crippen LogP contribution in [-0.2, 0) is 11.2 Å². The molecular formula is C15H20N2O. The van der Waals surface area contributed by atoms with E-state index in [1.54, 1.807) is 0 Å². The highest BCUT2D eigenvalue weighted by molar-refractivity contribution is 5.94. The largest absolute Gasteiger partial charge is 0.316 e.